The normalized spacial score (nSPS) is 21.4. The summed E-state index contributed by atoms with van der Waals surface area (Å²) < 4.78 is 17.7. The topological polar surface area (TPSA) is 51.2 Å². The molecule has 3 rings (SSSR count). The summed E-state index contributed by atoms with van der Waals surface area (Å²) in [6.45, 7) is 16.4. The Kier molecular flexibility index (Phi) is 5.89. The Bertz CT molecular complexity index is 754. The molecule has 160 valence electrons. The Morgan fingerprint density at radius 3 is 2.10 bits per heavy atom. The van der Waals surface area contributed by atoms with Crippen molar-refractivity contribution in [1.82, 2.24) is 4.90 Å². The Morgan fingerprint density at radius 2 is 1.62 bits per heavy atom. The van der Waals surface area contributed by atoms with E-state index in [1.165, 1.54) is 0 Å². The van der Waals surface area contributed by atoms with Gasteiger partial charge in [-0.3, -0.25) is 0 Å². The third-order valence-corrected chi connectivity index (χ3v) is 6.12. The molecule has 29 heavy (non-hydrogen) atoms. The number of benzene rings is 1. The molecule has 0 radical (unpaired) electrons. The second-order valence-electron chi connectivity index (χ2n) is 9.75. The fraction of sp³-hybridized carbons (Fsp3) is 0.667. The van der Waals surface area contributed by atoms with Gasteiger partial charge in [0.25, 0.3) is 0 Å². The molecule has 0 spiro atoms. The van der Waals surface area contributed by atoms with E-state index in [1.54, 1.807) is 4.90 Å². The smallest absolute Gasteiger partial charge is 0.444 e. The van der Waals surface area contributed by atoms with Crippen LogP contribution in [0.4, 0.5) is 10.5 Å². The van der Waals surface area contributed by atoms with E-state index in [0.29, 0.717) is 18.1 Å². The van der Waals surface area contributed by atoms with E-state index >= 15 is 0 Å². The van der Waals surface area contributed by atoms with Crippen molar-refractivity contribution < 1.29 is 18.8 Å². The van der Waals surface area contributed by atoms with Crippen molar-refractivity contribution in [2.75, 3.05) is 31.1 Å². The molecule has 2 aliphatic heterocycles. The molecule has 0 N–H and O–H groups in total. The molecule has 1 aromatic rings. The maximum absolute atomic E-state index is 12.2. The van der Waals surface area contributed by atoms with E-state index in [1.807, 2.05) is 66.7 Å². The van der Waals surface area contributed by atoms with Gasteiger partial charge in [0.1, 0.15) is 5.60 Å². The lowest BCUT2D eigenvalue weighted by Gasteiger charge is -2.37. The van der Waals surface area contributed by atoms with E-state index < -0.39 is 23.9 Å². The fourth-order valence-electron chi connectivity index (χ4n) is 3.35. The van der Waals surface area contributed by atoms with Crippen LogP contribution in [0.3, 0.4) is 0 Å². The van der Waals surface area contributed by atoms with Gasteiger partial charge in [0.2, 0.25) is 0 Å². The Hall–Kier alpha value is -1.44. The van der Waals surface area contributed by atoms with E-state index in [9.17, 15) is 4.79 Å². The second kappa shape index (κ2) is 7.67. The molecule has 6 nitrogen and oxygen atoms in total. The number of ether oxygens (including phenoxy) is 1. The summed E-state index contributed by atoms with van der Waals surface area (Å²) in [5.41, 5.74) is 0.570. The highest BCUT2D eigenvalue weighted by molar-refractivity contribution is 6.65. The molecule has 1 amide bonds. The highest BCUT2D eigenvalue weighted by Gasteiger charge is 2.52. The van der Waals surface area contributed by atoms with Gasteiger partial charge in [-0.05, 0) is 60.6 Å². The zero-order valence-corrected chi connectivity index (χ0v) is 19.3. The van der Waals surface area contributed by atoms with Crippen molar-refractivity contribution in [3.63, 3.8) is 0 Å². The quantitative estimate of drug-likeness (QED) is 0.680. The molecule has 0 bridgehead atoms. The molecule has 2 saturated heterocycles. The van der Waals surface area contributed by atoms with Crippen LogP contribution in [0.15, 0.2) is 18.2 Å². The number of hydrogen-bond acceptors (Lipinski definition) is 5. The molecule has 0 atom stereocenters. The van der Waals surface area contributed by atoms with Gasteiger partial charge >= 0.3 is 13.2 Å². The van der Waals surface area contributed by atoms with Gasteiger partial charge in [-0.25, -0.2) is 4.79 Å². The lowest BCUT2D eigenvalue weighted by atomic mass is 9.79. The van der Waals surface area contributed by atoms with E-state index in [-0.39, 0.29) is 6.09 Å². The summed E-state index contributed by atoms with van der Waals surface area (Å²) in [6, 6.07) is 5.96. The van der Waals surface area contributed by atoms with Gasteiger partial charge in [0, 0.05) is 42.4 Å². The molecule has 0 unspecified atom stereocenters. The maximum atomic E-state index is 12.2. The maximum Gasteiger partial charge on any atom is 0.496 e. The van der Waals surface area contributed by atoms with Crippen molar-refractivity contribution in [2.45, 2.75) is 65.3 Å². The number of carbonyl (C=O) groups excluding carboxylic acids is 1. The molecule has 0 aromatic heterocycles. The highest BCUT2D eigenvalue weighted by Crippen LogP contribution is 2.37. The Balaban J connectivity index is 1.64. The lowest BCUT2D eigenvalue weighted by molar-refractivity contribution is 0.00578. The second-order valence-corrected chi connectivity index (χ2v) is 10.2. The summed E-state index contributed by atoms with van der Waals surface area (Å²) in [5, 5.41) is 0.621. The summed E-state index contributed by atoms with van der Waals surface area (Å²) >= 11 is 6.60. The first-order chi connectivity index (χ1) is 13.3. The minimum atomic E-state index is -0.481. The summed E-state index contributed by atoms with van der Waals surface area (Å²) in [7, 11) is -0.481. The van der Waals surface area contributed by atoms with Crippen LogP contribution in [-0.4, -0.2) is 61.1 Å². The van der Waals surface area contributed by atoms with Gasteiger partial charge in [-0.1, -0.05) is 17.7 Å². The largest absolute Gasteiger partial charge is 0.496 e. The third kappa shape index (κ3) is 4.84. The molecular formula is C21H32BClN2O4. The number of anilines is 1. The van der Waals surface area contributed by atoms with Gasteiger partial charge in [0.15, 0.2) is 0 Å². The minimum Gasteiger partial charge on any atom is -0.444 e. The van der Waals surface area contributed by atoms with Crippen LogP contribution in [0.1, 0.15) is 48.5 Å². The van der Waals surface area contributed by atoms with E-state index in [4.69, 9.17) is 25.6 Å². The third-order valence-electron chi connectivity index (χ3n) is 5.79. The van der Waals surface area contributed by atoms with Crippen molar-refractivity contribution in [3.8, 4) is 0 Å². The number of amides is 1. The Labute approximate surface area is 179 Å². The van der Waals surface area contributed by atoms with Crippen LogP contribution in [0.5, 0.6) is 0 Å². The van der Waals surface area contributed by atoms with Crippen molar-refractivity contribution in [1.29, 1.82) is 0 Å². The average molecular weight is 423 g/mol. The molecule has 1 aromatic carbocycles. The standard InChI is InChI=1S/C21H32BClN2O4/c1-19(2,3)27-18(26)25-12-10-24(11-13-25)15-8-9-16(17(23)14-15)22-28-20(4,5)21(6,7)29-22/h8-9,14H,10-13H2,1-7H3. The van der Waals surface area contributed by atoms with Gasteiger partial charge < -0.3 is 23.8 Å². The number of rotatable bonds is 2. The van der Waals surface area contributed by atoms with Crippen LogP contribution in [0.25, 0.3) is 0 Å². The Morgan fingerprint density at radius 1 is 1.07 bits per heavy atom. The van der Waals surface area contributed by atoms with Crippen LogP contribution in [-0.2, 0) is 14.0 Å². The molecular weight excluding hydrogens is 391 g/mol. The highest BCUT2D eigenvalue weighted by atomic mass is 35.5. The van der Waals surface area contributed by atoms with Gasteiger partial charge in [-0.15, -0.1) is 0 Å². The van der Waals surface area contributed by atoms with Gasteiger partial charge in [-0.2, -0.15) is 0 Å². The van der Waals surface area contributed by atoms with Crippen LogP contribution in [0.2, 0.25) is 5.02 Å². The lowest BCUT2D eigenvalue weighted by Crippen LogP contribution is -2.50. The van der Waals surface area contributed by atoms with Crippen LogP contribution in [0, 0.1) is 0 Å². The zero-order valence-electron chi connectivity index (χ0n) is 18.5. The summed E-state index contributed by atoms with van der Waals surface area (Å²) in [4.78, 5) is 16.2. The van der Waals surface area contributed by atoms with Crippen LogP contribution < -0.4 is 10.4 Å². The molecule has 0 aliphatic carbocycles. The number of halogens is 1. The van der Waals surface area contributed by atoms with Crippen LogP contribution >= 0.6 is 11.6 Å². The van der Waals surface area contributed by atoms with Gasteiger partial charge in [0.05, 0.1) is 11.2 Å². The van der Waals surface area contributed by atoms with Crippen molar-refractivity contribution >= 4 is 36.0 Å². The minimum absolute atomic E-state index is 0.258. The first kappa shape index (κ1) is 22.3. The van der Waals surface area contributed by atoms with Crippen molar-refractivity contribution in [3.05, 3.63) is 23.2 Å². The van der Waals surface area contributed by atoms with Crippen molar-refractivity contribution in [2.24, 2.45) is 0 Å². The summed E-state index contributed by atoms with van der Waals surface area (Å²) in [5.74, 6) is 0. The average Bonchev–Trinajstić information content (AvgIpc) is 2.81. The number of nitrogens with zero attached hydrogens (tertiary/aromatic N) is 2. The molecule has 0 saturated carbocycles. The predicted octanol–water partition coefficient (Wildman–Crippen LogP) is 3.70. The number of piperazine rings is 1. The SMILES string of the molecule is CC(C)(C)OC(=O)N1CCN(c2ccc(B3OC(C)(C)C(C)(C)O3)c(Cl)c2)CC1. The zero-order chi connectivity index (χ0) is 21.6. The number of carbonyl (C=O) groups is 1. The van der Waals surface area contributed by atoms with E-state index in [2.05, 4.69) is 4.90 Å². The molecule has 2 aliphatic rings. The first-order valence-corrected chi connectivity index (χ1v) is 10.5. The van der Waals surface area contributed by atoms with E-state index in [0.717, 1.165) is 24.2 Å². The fourth-order valence-corrected chi connectivity index (χ4v) is 3.61. The summed E-state index contributed by atoms with van der Waals surface area (Å²) in [6.07, 6.45) is -0.258. The monoisotopic (exact) mass is 422 g/mol. The first-order valence-electron chi connectivity index (χ1n) is 10.2. The number of hydrogen-bond donors (Lipinski definition) is 0. The predicted molar refractivity (Wildman–Crippen MR) is 117 cm³/mol. The molecule has 2 heterocycles. The molecule has 8 heteroatoms. The molecule has 2 fully saturated rings.